The number of halogens is 2. The second-order valence-electron chi connectivity index (χ2n) is 5.60. The van der Waals surface area contributed by atoms with Crippen LogP contribution in [0.3, 0.4) is 0 Å². The van der Waals surface area contributed by atoms with Crippen LogP contribution in [0.4, 0.5) is 0 Å². The molecule has 7 heteroatoms. The van der Waals surface area contributed by atoms with Crippen molar-refractivity contribution >= 4 is 50.4 Å². The van der Waals surface area contributed by atoms with Crippen LogP contribution in [-0.2, 0) is 9.59 Å². The Kier molecular flexibility index (Phi) is 8.69. The third-order valence-electron chi connectivity index (χ3n) is 2.25. The average Bonchev–Trinajstić information content (AvgIpc) is 2.45. The first-order chi connectivity index (χ1) is 10.4. The number of methoxy groups -OCH3 is 1. The third kappa shape index (κ3) is 9.50. The average molecular weight is 452 g/mol. The molecule has 23 heavy (non-hydrogen) atoms. The summed E-state index contributed by atoms with van der Waals surface area (Å²) in [4.78, 5) is 32.1. The molecule has 0 aromatic heterocycles. The number of hydrogen-bond acceptors (Lipinski definition) is 5. The number of ether oxygens (including phenoxy) is 2. The van der Waals surface area contributed by atoms with Crippen LogP contribution in [0.1, 0.15) is 38.1 Å². The maximum absolute atomic E-state index is 11.6. The molecule has 128 valence electrons. The summed E-state index contributed by atoms with van der Waals surface area (Å²) in [6.45, 7) is 6.94. The van der Waals surface area contributed by atoms with E-state index in [0.717, 1.165) is 6.29 Å². The van der Waals surface area contributed by atoms with Crippen molar-refractivity contribution in [3.05, 3.63) is 23.8 Å². The van der Waals surface area contributed by atoms with Gasteiger partial charge < -0.3 is 14.3 Å². The van der Waals surface area contributed by atoms with Crippen molar-refractivity contribution in [2.45, 2.75) is 36.3 Å². The fourth-order valence-electron chi connectivity index (χ4n) is 1.07. The highest BCUT2D eigenvalue weighted by Gasteiger charge is 2.26. The van der Waals surface area contributed by atoms with Gasteiger partial charge in [-0.15, -0.1) is 0 Å². The van der Waals surface area contributed by atoms with E-state index in [4.69, 9.17) is 9.47 Å². The molecule has 0 N–H and O–H groups in total. The van der Waals surface area contributed by atoms with Gasteiger partial charge in [0.25, 0.3) is 0 Å². The second kappa shape index (κ2) is 9.17. The molecule has 0 aliphatic heterocycles. The van der Waals surface area contributed by atoms with E-state index in [1.165, 1.54) is 13.2 Å². The van der Waals surface area contributed by atoms with Crippen molar-refractivity contribution in [1.29, 1.82) is 0 Å². The molecule has 1 aromatic rings. The largest absolute Gasteiger partial charge is 0.497 e. The summed E-state index contributed by atoms with van der Waals surface area (Å²) < 4.78 is 9.03. The number of rotatable bonds is 5. The van der Waals surface area contributed by atoms with Gasteiger partial charge in [-0.05, 0) is 39.8 Å². The molecule has 0 aliphatic carbocycles. The van der Waals surface area contributed by atoms with Crippen molar-refractivity contribution in [2.24, 2.45) is 0 Å². The van der Waals surface area contributed by atoms with E-state index < -0.39 is 10.3 Å². The summed E-state index contributed by atoms with van der Waals surface area (Å²) in [6, 6.07) is 4.58. The summed E-state index contributed by atoms with van der Waals surface area (Å²) in [5.41, 5.74) is 0.388. The minimum absolute atomic E-state index is 0.281. The summed E-state index contributed by atoms with van der Waals surface area (Å²) in [5, 5.41) is 0. The molecule has 0 spiro atoms. The molecule has 0 aliphatic rings. The summed E-state index contributed by atoms with van der Waals surface area (Å²) >= 11 is 6.31. The molecular weight excluding hydrogens is 432 g/mol. The normalized spacial score (nSPS) is 10.9. The summed E-state index contributed by atoms with van der Waals surface area (Å²) in [5.74, 6) is 0.302. The molecule has 0 radical (unpaired) electrons. The van der Waals surface area contributed by atoms with Crippen molar-refractivity contribution < 1.29 is 23.9 Å². The highest BCUT2D eigenvalue weighted by Crippen LogP contribution is 2.25. The Labute approximate surface area is 153 Å². The zero-order valence-corrected chi connectivity index (χ0v) is 16.9. The topological polar surface area (TPSA) is 69.7 Å². The van der Waals surface area contributed by atoms with E-state index in [1.807, 2.05) is 0 Å². The predicted octanol–water partition coefficient (Wildman–Crippen LogP) is 3.95. The molecular formula is C16H20Br2O5. The molecule has 0 saturated carbocycles. The summed E-state index contributed by atoms with van der Waals surface area (Å²) in [6.07, 6.45) is 1.52. The maximum atomic E-state index is 11.6. The van der Waals surface area contributed by atoms with Crippen molar-refractivity contribution in [3.8, 4) is 11.5 Å². The number of carbonyl (C=O) groups is 3. The van der Waals surface area contributed by atoms with Crippen LogP contribution in [0.2, 0.25) is 0 Å². The van der Waals surface area contributed by atoms with Crippen LogP contribution in [0.25, 0.3) is 0 Å². The predicted molar refractivity (Wildman–Crippen MR) is 96.1 cm³/mol. The van der Waals surface area contributed by atoms with E-state index in [1.54, 1.807) is 39.8 Å². The Balaban J connectivity index is 0.000000688. The molecule has 0 heterocycles. The molecule has 1 aromatic carbocycles. The lowest BCUT2D eigenvalue weighted by atomic mass is 10.2. The number of esters is 1. The first-order valence-corrected chi connectivity index (χ1v) is 8.22. The Hall–Kier alpha value is -1.21. The lowest BCUT2D eigenvalue weighted by molar-refractivity contribution is -0.136. The van der Waals surface area contributed by atoms with Crippen LogP contribution in [0.15, 0.2) is 18.2 Å². The fourth-order valence-corrected chi connectivity index (χ4v) is 1.15. The van der Waals surface area contributed by atoms with Crippen molar-refractivity contribution in [1.82, 2.24) is 0 Å². The first kappa shape index (κ1) is 21.8. The SMILES string of the molecule is CC(C)(Br)C=O.COc1cc(C=O)cc(OC(=O)C(C)(C)Br)c1. The molecule has 0 amide bonds. The Morgan fingerprint density at radius 3 is 1.87 bits per heavy atom. The van der Waals surface area contributed by atoms with Gasteiger partial charge in [0.05, 0.1) is 11.4 Å². The zero-order chi connectivity index (χ0) is 18.3. The van der Waals surface area contributed by atoms with E-state index in [-0.39, 0.29) is 10.1 Å². The molecule has 0 atom stereocenters. The molecule has 0 saturated heterocycles. The van der Waals surface area contributed by atoms with Crippen LogP contribution < -0.4 is 9.47 Å². The number of alkyl halides is 2. The minimum atomic E-state index is -0.780. The highest BCUT2D eigenvalue weighted by atomic mass is 79.9. The van der Waals surface area contributed by atoms with Gasteiger partial charge in [0.15, 0.2) is 0 Å². The van der Waals surface area contributed by atoms with Crippen LogP contribution in [-0.4, -0.2) is 34.3 Å². The summed E-state index contributed by atoms with van der Waals surface area (Å²) in [7, 11) is 1.48. The molecule has 5 nitrogen and oxygen atoms in total. The standard InChI is InChI=1S/C12H13BrO4.C4H7BrO/c1-12(2,13)11(15)17-10-5-8(7-14)4-9(6-10)16-3;1-4(2,5)3-6/h4-7H,1-3H3;3H,1-2H3. The van der Waals surface area contributed by atoms with Crippen LogP contribution in [0, 0.1) is 0 Å². The van der Waals surface area contributed by atoms with Gasteiger partial charge in [-0.1, -0.05) is 31.9 Å². The van der Waals surface area contributed by atoms with Gasteiger partial charge in [0.2, 0.25) is 0 Å². The number of hydrogen-bond donors (Lipinski definition) is 0. The van der Waals surface area contributed by atoms with Crippen molar-refractivity contribution in [2.75, 3.05) is 7.11 Å². The molecule has 0 fully saturated rings. The Morgan fingerprint density at radius 1 is 1.04 bits per heavy atom. The Bertz CT molecular complexity index is 557. The molecule has 0 bridgehead atoms. The highest BCUT2D eigenvalue weighted by molar-refractivity contribution is 9.10. The van der Waals surface area contributed by atoms with Gasteiger partial charge in [-0.2, -0.15) is 0 Å². The van der Waals surface area contributed by atoms with Gasteiger partial charge >= 0.3 is 5.97 Å². The lowest BCUT2D eigenvalue weighted by Gasteiger charge is -2.15. The maximum Gasteiger partial charge on any atom is 0.327 e. The third-order valence-corrected chi connectivity index (χ3v) is 2.76. The minimum Gasteiger partial charge on any atom is -0.497 e. The van der Waals surface area contributed by atoms with Crippen LogP contribution >= 0.6 is 31.9 Å². The second-order valence-corrected chi connectivity index (χ2v) is 9.63. The van der Waals surface area contributed by atoms with Gasteiger partial charge in [0.1, 0.15) is 28.4 Å². The van der Waals surface area contributed by atoms with Gasteiger partial charge in [-0.25, -0.2) is 0 Å². The smallest absolute Gasteiger partial charge is 0.327 e. The van der Waals surface area contributed by atoms with E-state index >= 15 is 0 Å². The van der Waals surface area contributed by atoms with Crippen molar-refractivity contribution in [3.63, 3.8) is 0 Å². The lowest BCUT2D eigenvalue weighted by Crippen LogP contribution is -2.29. The van der Waals surface area contributed by atoms with Gasteiger partial charge in [0, 0.05) is 11.6 Å². The Morgan fingerprint density at radius 2 is 1.52 bits per heavy atom. The first-order valence-electron chi connectivity index (χ1n) is 6.63. The number of benzene rings is 1. The number of aldehydes is 2. The van der Waals surface area contributed by atoms with E-state index in [0.29, 0.717) is 17.6 Å². The molecule has 0 unspecified atom stereocenters. The van der Waals surface area contributed by atoms with E-state index in [9.17, 15) is 14.4 Å². The molecule has 1 rings (SSSR count). The quantitative estimate of drug-likeness (QED) is 0.293. The fraction of sp³-hybridized carbons (Fsp3) is 0.438. The van der Waals surface area contributed by atoms with Gasteiger partial charge in [-0.3, -0.25) is 9.59 Å². The number of carbonyl (C=O) groups excluding carboxylic acids is 3. The van der Waals surface area contributed by atoms with E-state index in [2.05, 4.69) is 31.9 Å². The monoisotopic (exact) mass is 450 g/mol. The zero-order valence-electron chi connectivity index (χ0n) is 13.7. The van der Waals surface area contributed by atoms with Crippen LogP contribution in [0.5, 0.6) is 11.5 Å².